The summed E-state index contributed by atoms with van der Waals surface area (Å²) < 4.78 is 7.37. The van der Waals surface area contributed by atoms with Crippen molar-refractivity contribution in [3.8, 4) is 0 Å². The summed E-state index contributed by atoms with van der Waals surface area (Å²) in [4.78, 5) is 36.9. The van der Waals surface area contributed by atoms with Crippen molar-refractivity contribution in [1.82, 2.24) is 10.6 Å². The third kappa shape index (κ3) is 20.5. The number of nitrogens with zero attached hydrogens (tertiary/aromatic N) is 1. The van der Waals surface area contributed by atoms with Gasteiger partial charge in [-0.3, -0.25) is 9.59 Å². The number of hydrogen-bond donors (Lipinski definition) is 2. The summed E-state index contributed by atoms with van der Waals surface area (Å²) in [5.74, 6) is -0.354. The molecule has 2 amide bonds. The Labute approximate surface area is 244 Å². The lowest BCUT2D eigenvalue weighted by Gasteiger charge is -2.17. The van der Waals surface area contributed by atoms with Gasteiger partial charge in [0.25, 0.3) is 0 Å². The molecule has 7 nitrogen and oxygen atoms in total. The van der Waals surface area contributed by atoms with Gasteiger partial charge in [0.05, 0.1) is 6.61 Å². The first kappa shape index (κ1) is 35.6. The largest absolute Gasteiger partial charge is 0.464 e. The van der Waals surface area contributed by atoms with Gasteiger partial charge in [0, 0.05) is 37.9 Å². The molecule has 0 aliphatic carbocycles. The Bertz CT molecular complexity index is 772. The highest BCUT2D eigenvalue weighted by atomic mass is 16.5. The summed E-state index contributed by atoms with van der Waals surface area (Å²) in [6, 6.07) is 5.49. The Morgan fingerprint density at radius 2 is 1.25 bits per heavy atom. The molecule has 0 aliphatic rings. The predicted molar refractivity (Wildman–Crippen MR) is 162 cm³/mol. The number of ether oxygens (including phenoxy) is 1. The zero-order chi connectivity index (χ0) is 29.1. The van der Waals surface area contributed by atoms with Gasteiger partial charge in [-0.25, -0.2) is 9.36 Å². The predicted octanol–water partition coefficient (Wildman–Crippen LogP) is 6.57. The molecule has 0 saturated heterocycles. The van der Waals surface area contributed by atoms with Crippen LogP contribution in [0.1, 0.15) is 136 Å². The molecule has 0 bridgehead atoms. The van der Waals surface area contributed by atoms with Crippen molar-refractivity contribution >= 4 is 17.8 Å². The smallest absolute Gasteiger partial charge is 0.328 e. The third-order valence-electron chi connectivity index (χ3n) is 7.25. The molecule has 0 saturated carbocycles. The fourth-order valence-corrected chi connectivity index (χ4v) is 4.84. The Hall–Kier alpha value is -2.44. The van der Waals surface area contributed by atoms with Crippen LogP contribution < -0.4 is 15.2 Å². The van der Waals surface area contributed by atoms with Crippen molar-refractivity contribution in [2.24, 2.45) is 0 Å². The molecule has 1 heterocycles. The van der Waals surface area contributed by atoms with Gasteiger partial charge in [-0.1, -0.05) is 77.2 Å². The first-order chi connectivity index (χ1) is 19.6. The fraction of sp³-hybridized carbons (Fsp3) is 0.758. The number of aromatic nitrogens is 1. The molecule has 0 spiro atoms. The summed E-state index contributed by atoms with van der Waals surface area (Å²) in [5, 5.41) is 5.87. The normalized spacial score (nSPS) is 11.7. The first-order valence-corrected chi connectivity index (χ1v) is 16.2. The van der Waals surface area contributed by atoms with Gasteiger partial charge < -0.3 is 15.4 Å². The van der Waals surface area contributed by atoms with Crippen LogP contribution in [0.15, 0.2) is 30.6 Å². The van der Waals surface area contributed by atoms with Crippen molar-refractivity contribution in [2.45, 2.75) is 148 Å². The van der Waals surface area contributed by atoms with Crippen molar-refractivity contribution in [2.75, 3.05) is 13.2 Å². The fourth-order valence-electron chi connectivity index (χ4n) is 4.84. The lowest BCUT2D eigenvalue weighted by Crippen LogP contribution is -2.41. The SMILES string of the molecule is CCCCCCCCCCCC(=O)NCCCC[C@H](NC(=O)CCCCCCC[n+]1ccccc1)C(=O)OCC. The second kappa shape index (κ2) is 25.5. The molecular formula is C33H58N3O4+. The maximum absolute atomic E-state index is 12.5. The van der Waals surface area contributed by atoms with Crippen LogP contribution >= 0.6 is 0 Å². The van der Waals surface area contributed by atoms with Crippen LogP contribution in [0, 0.1) is 0 Å². The minimum atomic E-state index is -0.618. The molecule has 0 aliphatic heterocycles. The first-order valence-electron chi connectivity index (χ1n) is 16.2. The van der Waals surface area contributed by atoms with Crippen LogP contribution in [-0.2, 0) is 25.7 Å². The van der Waals surface area contributed by atoms with Crippen LogP contribution in [0.4, 0.5) is 0 Å². The molecule has 0 unspecified atom stereocenters. The molecule has 0 fully saturated rings. The highest BCUT2D eigenvalue weighted by Crippen LogP contribution is 2.11. The number of hydrogen-bond acceptors (Lipinski definition) is 4. The van der Waals surface area contributed by atoms with Crippen molar-refractivity contribution < 1.29 is 23.7 Å². The van der Waals surface area contributed by atoms with Crippen molar-refractivity contribution in [3.05, 3.63) is 30.6 Å². The van der Waals surface area contributed by atoms with E-state index in [1.54, 1.807) is 6.92 Å². The van der Waals surface area contributed by atoms with Gasteiger partial charge in [0.2, 0.25) is 11.8 Å². The Kier molecular flexibility index (Phi) is 22.7. The zero-order valence-corrected chi connectivity index (χ0v) is 25.6. The zero-order valence-electron chi connectivity index (χ0n) is 25.6. The summed E-state index contributed by atoms with van der Waals surface area (Å²) >= 11 is 0. The maximum Gasteiger partial charge on any atom is 0.328 e. The number of esters is 1. The number of aryl methyl sites for hydroxylation is 1. The molecule has 7 heteroatoms. The summed E-state index contributed by atoms with van der Waals surface area (Å²) in [6.07, 6.45) is 23.6. The molecule has 0 radical (unpaired) electrons. The van der Waals surface area contributed by atoms with E-state index >= 15 is 0 Å². The minimum Gasteiger partial charge on any atom is -0.464 e. The van der Waals surface area contributed by atoms with Gasteiger partial charge in [0.15, 0.2) is 12.4 Å². The maximum atomic E-state index is 12.5. The van der Waals surface area contributed by atoms with E-state index in [9.17, 15) is 14.4 Å². The second-order valence-corrected chi connectivity index (χ2v) is 10.9. The van der Waals surface area contributed by atoms with Gasteiger partial charge in [-0.05, 0) is 45.4 Å². The number of unbranched alkanes of at least 4 members (excludes halogenated alkanes) is 13. The van der Waals surface area contributed by atoms with Crippen LogP contribution in [0.3, 0.4) is 0 Å². The Morgan fingerprint density at radius 1 is 0.675 bits per heavy atom. The van der Waals surface area contributed by atoms with E-state index in [-0.39, 0.29) is 17.8 Å². The van der Waals surface area contributed by atoms with E-state index in [1.807, 2.05) is 18.2 Å². The van der Waals surface area contributed by atoms with E-state index in [0.717, 1.165) is 64.3 Å². The highest BCUT2D eigenvalue weighted by Gasteiger charge is 2.21. The van der Waals surface area contributed by atoms with Crippen LogP contribution in [0.2, 0.25) is 0 Å². The highest BCUT2D eigenvalue weighted by molar-refractivity contribution is 5.84. The van der Waals surface area contributed by atoms with Gasteiger partial charge in [0.1, 0.15) is 12.6 Å². The van der Waals surface area contributed by atoms with Crippen LogP contribution in [0.25, 0.3) is 0 Å². The third-order valence-corrected chi connectivity index (χ3v) is 7.25. The van der Waals surface area contributed by atoms with Crippen LogP contribution in [0.5, 0.6) is 0 Å². The molecule has 1 atom stereocenters. The van der Waals surface area contributed by atoms with E-state index in [4.69, 9.17) is 4.74 Å². The van der Waals surface area contributed by atoms with Crippen molar-refractivity contribution in [1.29, 1.82) is 0 Å². The molecule has 1 rings (SSSR count). The number of nitrogens with one attached hydrogen (secondary N) is 2. The van der Waals surface area contributed by atoms with Gasteiger partial charge in [-0.15, -0.1) is 0 Å². The summed E-state index contributed by atoms with van der Waals surface area (Å²) in [5.41, 5.74) is 0. The summed E-state index contributed by atoms with van der Waals surface area (Å²) in [7, 11) is 0. The molecule has 2 N–H and O–H groups in total. The molecule has 228 valence electrons. The number of carbonyl (C=O) groups excluding carboxylic acids is 3. The molecule has 40 heavy (non-hydrogen) atoms. The van der Waals surface area contributed by atoms with Crippen LogP contribution in [-0.4, -0.2) is 37.0 Å². The number of carbonyl (C=O) groups is 3. The lowest BCUT2D eigenvalue weighted by atomic mass is 10.1. The van der Waals surface area contributed by atoms with E-state index < -0.39 is 6.04 Å². The van der Waals surface area contributed by atoms with Gasteiger partial charge >= 0.3 is 5.97 Å². The average molecular weight is 561 g/mol. The average Bonchev–Trinajstić information content (AvgIpc) is 2.95. The molecule has 0 aromatic carbocycles. The molecule has 1 aromatic heterocycles. The standard InChI is InChI=1S/C33H57N3O4/c1-3-5-6-7-8-9-10-12-16-24-31(37)34-26-19-18-23-30(33(39)40-4-2)35-32(38)25-17-13-11-14-20-27-36-28-21-15-22-29-36/h15,21-22,28-30H,3-14,16-20,23-27H2,1-2H3,(H-,34,35,37,38)/p+1/t30-/m0/s1. The molecule has 1 aromatic rings. The Balaban J connectivity index is 2.10. The van der Waals surface area contributed by atoms with Crippen molar-refractivity contribution in [3.63, 3.8) is 0 Å². The van der Waals surface area contributed by atoms with E-state index in [1.165, 1.54) is 44.9 Å². The Morgan fingerprint density at radius 3 is 1.88 bits per heavy atom. The number of pyridine rings is 1. The topological polar surface area (TPSA) is 88.4 Å². The molecular weight excluding hydrogens is 502 g/mol. The number of rotatable bonds is 26. The van der Waals surface area contributed by atoms with Gasteiger partial charge in [-0.2, -0.15) is 0 Å². The second-order valence-electron chi connectivity index (χ2n) is 10.9. The minimum absolute atomic E-state index is 0.0906. The van der Waals surface area contributed by atoms with E-state index in [2.05, 4.69) is 34.5 Å². The lowest BCUT2D eigenvalue weighted by molar-refractivity contribution is -0.697. The summed E-state index contributed by atoms with van der Waals surface area (Å²) in [6.45, 7) is 5.93. The number of amides is 2. The quantitative estimate of drug-likeness (QED) is 0.0762. The van der Waals surface area contributed by atoms with E-state index in [0.29, 0.717) is 32.4 Å². The monoisotopic (exact) mass is 560 g/mol.